The molecule has 0 spiro atoms. The molecule has 0 saturated carbocycles. The van der Waals surface area contributed by atoms with Crippen LogP contribution in [0.3, 0.4) is 0 Å². The van der Waals surface area contributed by atoms with Crippen molar-refractivity contribution in [3.63, 3.8) is 0 Å². The lowest BCUT2D eigenvalue weighted by atomic mass is 10.2. The minimum atomic E-state index is -0.993. The maximum absolute atomic E-state index is 13.6. The third-order valence-corrected chi connectivity index (χ3v) is 2.23. The van der Waals surface area contributed by atoms with E-state index in [0.717, 1.165) is 6.07 Å². The van der Waals surface area contributed by atoms with Gasteiger partial charge in [-0.25, -0.2) is 4.39 Å². The van der Waals surface area contributed by atoms with Gasteiger partial charge in [0, 0.05) is 19.2 Å². The number of likely N-dealkylation sites (N-methyl/N-ethyl adjacent to an activating group) is 1. The predicted octanol–water partition coefficient (Wildman–Crippen LogP) is 1.72. The van der Waals surface area contributed by atoms with Crippen LogP contribution < -0.4 is 15.4 Å². The lowest BCUT2D eigenvalue weighted by Gasteiger charge is -2.21. The quantitative estimate of drug-likeness (QED) is 0.784. The highest BCUT2D eigenvalue weighted by Crippen LogP contribution is 2.30. The van der Waals surface area contributed by atoms with Gasteiger partial charge in [-0.1, -0.05) is 0 Å². The minimum absolute atomic E-state index is 0.0615. The summed E-state index contributed by atoms with van der Waals surface area (Å²) >= 11 is 0. The third-order valence-electron chi connectivity index (χ3n) is 2.23. The zero-order valence-electron chi connectivity index (χ0n) is 10.6. The molecule has 0 aliphatic carbocycles. The number of benzene rings is 1. The van der Waals surface area contributed by atoms with Crippen molar-refractivity contribution in [1.82, 2.24) is 0 Å². The van der Waals surface area contributed by atoms with Crippen molar-refractivity contribution in [2.24, 2.45) is 0 Å². The number of hydrogen-bond donors (Lipinski definition) is 2. The number of carbonyl (C=O) groups is 1. The van der Waals surface area contributed by atoms with Gasteiger partial charge >= 0.3 is 5.97 Å². The van der Waals surface area contributed by atoms with E-state index < -0.39 is 11.8 Å². The Hall–Kier alpha value is -1.98. The molecular formula is C12H17FN2O3. The van der Waals surface area contributed by atoms with E-state index in [1.54, 1.807) is 20.9 Å². The molecule has 0 radical (unpaired) electrons. The summed E-state index contributed by atoms with van der Waals surface area (Å²) in [5.74, 6) is -1.49. The Morgan fingerprint density at radius 3 is 2.67 bits per heavy atom. The second-order valence-corrected chi connectivity index (χ2v) is 4.26. The number of nitrogens with zero attached hydrogens (tertiary/aromatic N) is 1. The maximum Gasteiger partial charge on any atom is 0.323 e. The molecule has 18 heavy (non-hydrogen) atoms. The molecule has 0 bridgehead atoms. The van der Waals surface area contributed by atoms with Crippen LogP contribution in [0.15, 0.2) is 12.1 Å². The topological polar surface area (TPSA) is 75.8 Å². The van der Waals surface area contributed by atoms with Crippen LogP contribution in [0.25, 0.3) is 0 Å². The van der Waals surface area contributed by atoms with Gasteiger partial charge in [0.1, 0.15) is 6.54 Å². The Bertz CT molecular complexity index is 449. The molecule has 6 heteroatoms. The molecule has 0 aliphatic rings. The van der Waals surface area contributed by atoms with Crippen LogP contribution in [0.4, 0.5) is 15.8 Å². The van der Waals surface area contributed by atoms with Gasteiger partial charge in [-0.05, 0) is 13.8 Å². The van der Waals surface area contributed by atoms with Gasteiger partial charge in [0.25, 0.3) is 0 Å². The molecule has 1 rings (SSSR count). The summed E-state index contributed by atoms with van der Waals surface area (Å²) in [6, 6.07) is 2.54. The predicted molar refractivity (Wildman–Crippen MR) is 67.5 cm³/mol. The molecule has 0 amide bonds. The summed E-state index contributed by atoms with van der Waals surface area (Å²) in [7, 11) is 1.57. The zero-order valence-corrected chi connectivity index (χ0v) is 10.6. The first-order chi connectivity index (χ1) is 8.31. The number of hydrogen-bond acceptors (Lipinski definition) is 4. The summed E-state index contributed by atoms with van der Waals surface area (Å²) in [4.78, 5) is 12.1. The number of rotatable bonds is 5. The van der Waals surface area contributed by atoms with Gasteiger partial charge in [-0.2, -0.15) is 0 Å². The normalized spacial score (nSPS) is 10.5. The van der Waals surface area contributed by atoms with Gasteiger partial charge in [0.05, 0.1) is 17.5 Å². The Labute approximate surface area is 105 Å². The second-order valence-electron chi connectivity index (χ2n) is 4.26. The van der Waals surface area contributed by atoms with E-state index in [1.807, 2.05) is 0 Å². The Morgan fingerprint density at radius 1 is 1.56 bits per heavy atom. The highest BCUT2D eigenvalue weighted by atomic mass is 19.1. The Kier molecular flexibility index (Phi) is 4.36. The van der Waals surface area contributed by atoms with Gasteiger partial charge in [-0.15, -0.1) is 0 Å². The van der Waals surface area contributed by atoms with Crippen LogP contribution in [0.1, 0.15) is 13.8 Å². The lowest BCUT2D eigenvalue weighted by molar-refractivity contribution is -0.135. The highest BCUT2D eigenvalue weighted by Gasteiger charge is 2.14. The molecule has 0 saturated heterocycles. The molecule has 0 atom stereocenters. The van der Waals surface area contributed by atoms with Crippen molar-refractivity contribution in [1.29, 1.82) is 0 Å². The van der Waals surface area contributed by atoms with E-state index in [1.165, 1.54) is 11.0 Å². The zero-order chi connectivity index (χ0) is 13.9. The third kappa shape index (κ3) is 3.51. The SMILES string of the molecule is CC(C)Oc1cc(N(C)CC(=O)O)c(N)cc1F. The number of nitrogens with two attached hydrogens (primary N) is 1. The van der Waals surface area contributed by atoms with Crippen LogP contribution in [0.2, 0.25) is 0 Å². The van der Waals surface area contributed by atoms with E-state index >= 15 is 0 Å². The van der Waals surface area contributed by atoms with E-state index in [9.17, 15) is 9.18 Å². The molecule has 3 N–H and O–H groups in total. The molecule has 1 aromatic rings. The summed E-state index contributed by atoms with van der Waals surface area (Å²) < 4.78 is 18.9. The molecule has 5 nitrogen and oxygen atoms in total. The Balaban J connectivity index is 3.07. The van der Waals surface area contributed by atoms with Crippen molar-refractivity contribution >= 4 is 17.3 Å². The molecular weight excluding hydrogens is 239 g/mol. The van der Waals surface area contributed by atoms with Crippen LogP contribution in [0, 0.1) is 5.82 Å². The van der Waals surface area contributed by atoms with E-state index in [-0.39, 0.29) is 24.1 Å². The first kappa shape index (κ1) is 14.1. The van der Waals surface area contributed by atoms with Crippen molar-refractivity contribution in [3.05, 3.63) is 17.9 Å². The number of anilines is 2. The average Bonchev–Trinajstić information content (AvgIpc) is 2.20. The maximum atomic E-state index is 13.6. The minimum Gasteiger partial charge on any atom is -0.488 e. The summed E-state index contributed by atoms with van der Waals surface area (Å²) in [5.41, 5.74) is 6.27. The molecule has 0 aliphatic heterocycles. The second kappa shape index (κ2) is 5.57. The molecule has 0 fully saturated rings. The fourth-order valence-corrected chi connectivity index (χ4v) is 1.52. The van der Waals surface area contributed by atoms with Crippen molar-refractivity contribution < 1.29 is 19.0 Å². The number of carboxylic acid groups (broad SMARTS) is 1. The van der Waals surface area contributed by atoms with E-state index in [2.05, 4.69) is 0 Å². The lowest BCUT2D eigenvalue weighted by Crippen LogP contribution is -2.26. The number of halogens is 1. The van der Waals surface area contributed by atoms with Crippen molar-refractivity contribution in [3.8, 4) is 5.75 Å². The molecule has 1 aromatic carbocycles. The first-order valence-corrected chi connectivity index (χ1v) is 5.50. The number of ether oxygens (including phenoxy) is 1. The van der Waals surface area contributed by atoms with Crippen LogP contribution in [-0.4, -0.2) is 30.8 Å². The summed E-state index contributed by atoms with van der Waals surface area (Å²) in [6.45, 7) is 3.32. The molecule has 0 aromatic heterocycles. The van der Waals surface area contributed by atoms with Gasteiger partial charge in [-0.3, -0.25) is 4.79 Å². The summed E-state index contributed by atoms with van der Waals surface area (Å²) in [6.07, 6.45) is -0.180. The largest absolute Gasteiger partial charge is 0.488 e. The van der Waals surface area contributed by atoms with Gasteiger partial charge < -0.3 is 20.5 Å². The molecule has 0 heterocycles. The average molecular weight is 256 g/mol. The molecule has 0 unspecified atom stereocenters. The molecule has 100 valence electrons. The van der Waals surface area contributed by atoms with E-state index in [4.69, 9.17) is 15.6 Å². The fraction of sp³-hybridized carbons (Fsp3) is 0.417. The highest BCUT2D eigenvalue weighted by molar-refractivity contribution is 5.77. The van der Waals surface area contributed by atoms with Crippen molar-refractivity contribution in [2.45, 2.75) is 20.0 Å². The number of carboxylic acids is 1. The van der Waals surface area contributed by atoms with E-state index in [0.29, 0.717) is 5.69 Å². The van der Waals surface area contributed by atoms with Crippen LogP contribution in [-0.2, 0) is 4.79 Å². The smallest absolute Gasteiger partial charge is 0.323 e. The monoisotopic (exact) mass is 256 g/mol. The van der Waals surface area contributed by atoms with Gasteiger partial charge in [0.2, 0.25) is 0 Å². The van der Waals surface area contributed by atoms with Gasteiger partial charge in [0.15, 0.2) is 11.6 Å². The first-order valence-electron chi connectivity index (χ1n) is 5.50. The van der Waals surface area contributed by atoms with Crippen molar-refractivity contribution in [2.75, 3.05) is 24.2 Å². The fourth-order valence-electron chi connectivity index (χ4n) is 1.52. The number of nitrogen functional groups attached to an aromatic ring is 1. The van der Waals surface area contributed by atoms with Crippen LogP contribution >= 0.6 is 0 Å². The number of aliphatic carboxylic acids is 1. The summed E-state index contributed by atoms with van der Waals surface area (Å²) in [5, 5.41) is 8.72. The van der Waals surface area contributed by atoms with Crippen LogP contribution in [0.5, 0.6) is 5.75 Å². The standard InChI is InChI=1S/C12H17FN2O3/c1-7(2)18-11-5-10(9(14)4-8(11)13)15(3)6-12(16)17/h4-5,7H,6,14H2,1-3H3,(H,16,17). The Morgan fingerprint density at radius 2 is 2.17 bits per heavy atom.